The van der Waals surface area contributed by atoms with E-state index in [-0.39, 0.29) is 0 Å². The van der Waals surface area contributed by atoms with Crippen molar-refractivity contribution in [2.75, 3.05) is 13.7 Å². The smallest absolute Gasteiger partial charge is 0.414 e. The molecule has 0 aliphatic carbocycles. The number of halogens is 1. The molecule has 130 valence electrons. The molecule has 5 nitrogen and oxygen atoms in total. The van der Waals surface area contributed by atoms with Crippen molar-refractivity contribution in [3.8, 4) is 0 Å². The maximum Gasteiger partial charge on any atom is 0.414 e. The molecule has 0 saturated carbocycles. The molecule has 1 aromatic carbocycles. The monoisotopic (exact) mass is 351 g/mol. The molecule has 1 amide bonds. The summed E-state index contributed by atoms with van der Waals surface area (Å²) < 4.78 is 10.2. The highest BCUT2D eigenvalue weighted by Gasteiger charge is 2.28. The molecule has 0 unspecified atom stereocenters. The van der Waals surface area contributed by atoms with Crippen LogP contribution < -0.4 is 0 Å². The van der Waals surface area contributed by atoms with Gasteiger partial charge in [0, 0.05) is 12.1 Å². The first-order valence-corrected chi connectivity index (χ1v) is 8.19. The summed E-state index contributed by atoms with van der Waals surface area (Å²) >= 11 is 6.34. The molecule has 1 heterocycles. The molecular formula is C18H22ClNO4. The number of carbonyl (C=O) groups is 2. The Labute approximate surface area is 147 Å². The van der Waals surface area contributed by atoms with Gasteiger partial charge in [-0.05, 0) is 45.7 Å². The fraction of sp³-hybridized carbons (Fsp3) is 0.444. The number of hydrogen-bond donors (Lipinski definition) is 0. The highest BCUT2D eigenvalue weighted by Crippen LogP contribution is 2.32. The van der Waals surface area contributed by atoms with E-state index in [1.807, 2.05) is 26.8 Å². The molecule has 1 aromatic rings. The van der Waals surface area contributed by atoms with E-state index in [1.54, 1.807) is 23.1 Å². The summed E-state index contributed by atoms with van der Waals surface area (Å²) in [6.07, 6.45) is 3.28. The van der Waals surface area contributed by atoms with E-state index >= 15 is 0 Å². The van der Waals surface area contributed by atoms with Crippen molar-refractivity contribution in [2.24, 2.45) is 0 Å². The highest BCUT2D eigenvalue weighted by molar-refractivity contribution is 6.32. The number of ether oxygens (including phenoxy) is 2. The zero-order valence-electron chi connectivity index (χ0n) is 14.4. The molecule has 0 N–H and O–H groups in total. The number of carbonyl (C=O) groups excluding carboxylic acids is 2. The van der Waals surface area contributed by atoms with Gasteiger partial charge in [0.25, 0.3) is 0 Å². The van der Waals surface area contributed by atoms with E-state index in [2.05, 4.69) is 0 Å². The number of hydrogen-bond acceptors (Lipinski definition) is 4. The van der Waals surface area contributed by atoms with Crippen molar-refractivity contribution >= 4 is 29.4 Å². The Morgan fingerprint density at radius 3 is 2.54 bits per heavy atom. The summed E-state index contributed by atoms with van der Waals surface area (Å²) in [6, 6.07) is 4.91. The van der Waals surface area contributed by atoms with Gasteiger partial charge >= 0.3 is 12.1 Å². The maximum absolute atomic E-state index is 12.5. The number of benzene rings is 1. The van der Waals surface area contributed by atoms with Crippen LogP contribution in [-0.4, -0.2) is 36.2 Å². The zero-order valence-corrected chi connectivity index (χ0v) is 15.1. The topological polar surface area (TPSA) is 55.8 Å². The molecule has 6 heteroatoms. The van der Waals surface area contributed by atoms with Gasteiger partial charge in [0.05, 0.1) is 23.4 Å². The second-order valence-electron chi connectivity index (χ2n) is 6.55. The zero-order chi connectivity index (χ0) is 17.9. The van der Waals surface area contributed by atoms with Crippen LogP contribution in [0.4, 0.5) is 4.79 Å². The predicted octanol–water partition coefficient (Wildman–Crippen LogP) is 4.50. The Morgan fingerprint density at radius 2 is 1.96 bits per heavy atom. The van der Waals surface area contributed by atoms with Crippen LogP contribution in [-0.2, 0) is 9.47 Å². The van der Waals surface area contributed by atoms with Crippen LogP contribution in [0, 0.1) is 0 Å². The van der Waals surface area contributed by atoms with E-state index in [9.17, 15) is 9.59 Å². The minimum absolute atomic E-state index is 0.367. The maximum atomic E-state index is 12.5. The van der Waals surface area contributed by atoms with Gasteiger partial charge in [0.1, 0.15) is 5.60 Å². The van der Waals surface area contributed by atoms with Gasteiger partial charge in [0.2, 0.25) is 0 Å². The molecule has 2 rings (SSSR count). The number of rotatable bonds is 2. The van der Waals surface area contributed by atoms with E-state index in [0.717, 1.165) is 12.8 Å². The number of nitrogens with zero attached hydrogens (tertiary/aromatic N) is 1. The fourth-order valence-electron chi connectivity index (χ4n) is 2.45. The normalized spacial score (nSPS) is 14.9. The van der Waals surface area contributed by atoms with Crippen LogP contribution in [0.25, 0.3) is 5.70 Å². The Bertz CT molecular complexity index is 676. The largest absolute Gasteiger partial charge is 0.465 e. The average molecular weight is 352 g/mol. The van der Waals surface area contributed by atoms with E-state index in [4.69, 9.17) is 21.1 Å². The highest BCUT2D eigenvalue weighted by atomic mass is 35.5. The van der Waals surface area contributed by atoms with Gasteiger partial charge in [-0.25, -0.2) is 9.59 Å². The first kappa shape index (κ1) is 18.3. The molecule has 0 spiro atoms. The Balaban J connectivity index is 2.33. The van der Waals surface area contributed by atoms with Gasteiger partial charge in [-0.15, -0.1) is 0 Å². The fourth-order valence-corrected chi connectivity index (χ4v) is 2.73. The second-order valence-corrected chi connectivity index (χ2v) is 6.96. The predicted molar refractivity (Wildman–Crippen MR) is 92.9 cm³/mol. The van der Waals surface area contributed by atoms with Crippen molar-refractivity contribution in [1.82, 2.24) is 4.90 Å². The van der Waals surface area contributed by atoms with Crippen LogP contribution in [0.1, 0.15) is 49.5 Å². The third-order valence-corrected chi connectivity index (χ3v) is 3.81. The Morgan fingerprint density at radius 1 is 1.25 bits per heavy atom. The minimum atomic E-state index is -0.571. The number of amides is 1. The van der Waals surface area contributed by atoms with Crippen LogP contribution in [0.5, 0.6) is 0 Å². The van der Waals surface area contributed by atoms with E-state index < -0.39 is 17.7 Å². The summed E-state index contributed by atoms with van der Waals surface area (Å²) in [5.74, 6) is -0.454. The summed E-state index contributed by atoms with van der Waals surface area (Å²) in [5, 5.41) is 0.389. The lowest BCUT2D eigenvalue weighted by Gasteiger charge is -2.31. The number of methoxy groups -OCH3 is 1. The summed E-state index contributed by atoms with van der Waals surface area (Å²) in [6.45, 7) is 6.05. The van der Waals surface area contributed by atoms with Crippen LogP contribution in [0.15, 0.2) is 24.3 Å². The quantitative estimate of drug-likeness (QED) is 0.736. The number of allylic oxidation sites excluding steroid dienone is 1. The summed E-state index contributed by atoms with van der Waals surface area (Å²) in [5.41, 5.74) is 1.19. The lowest BCUT2D eigenvalue weighted by atomic mass is 10.0. The standard InChI is InChI=1S/C18H22ClNO4/c1-18(2,3)24-17(22)20-10-6-5-7-15(20)13-9-8-12(11-14(13)19)16(21)23-4/h7-9,11H,5-6,10H2,1-4H3. The SMILES string of the molecule is COC(=O)c1ccc(C2=CCCCN2C(=O)OC(C)(C)C)c(Cl)c1. The van der Waals surface area contributed by atoms with Crippen LogP contribution >= 0.6 is 11.6 Å². The summed E-state index contributed by atoms with van der Waals surface area (Å²) in [7, 11) is 1.32. The molecule has 0 aromatic heterocycles. The van der Waals surface area contributed by atoms with Crippen molar-refractivity contribution in [3.05, 3.63) is 40.4 Å². The molecule has 0 fully saturated rings. The molecule has 0 radical (unpaired) electrons. The molecule has 0 bridgehead atoms. The van der Waals surface area contributed by atoms with E-state index in [0.29, 0.717) is 28.4 Å². The molecule has 1 aliphatic heterocycles. The molecule has 0 atom stereocenters. The van der Waals surface area contributed by atoms with Gasteiger partial charge < -0.3 is 9.47 Å². The third kappa shape index (κ3) is 4.29. The second kappa shape index (κ2) is 7.26. The van der Waals surface area contributed by atoms with E-state index in [1.165, 1.54) is 7.11 Å². The van der Waals surface area contributed by atoms with Crippen LogP contribution in [0.3, 0.4) is 0 Å². The molecule has 24 heavy (non-hydrogen) atoms. The molecule has 1 aliphatic rings. The van der Waals surface area contributed by atoms with Crippen molar-refractivity contribution in [2.45, 2.75) is 39.2 Å². The van der Waals surface area contributed by atoms with Gasteiger partial charge in [-0.3, -0.25) is 4.90 Å². The first-order chi connectivity index (χ1) is 11.2. The first-order valence-electron chi connectivity index (χ1n) is 7.82. The van der Waals surface area contributed by atoms with Crippen molar-refractivity contribution < 1.29 is 19.1 Å². The third-order valence-electron chi connectivity index (χ3n) is 3.49. The van der Waals surface area contributed by atoms with Gasteiger partial charge in [-0.2, -0.15) is 0 Å². The van der Waals surface area contributed by atoms with Crippen LogP contribution in [0.2, 0.25) is 5.02 Å². The van der Waals surface area contributed by atoms with Crippen molar-refractivity contribution in [3.63, 3.8) is 0 Å². The minimum Gasteiger partial charge on any atom is -0.465 e. The summed E-state index contributed by atoms with van der Waals surface area (Å²) in [4.78, 5) is 25.7. The lowest BCUT2D eigenvalue weighted by Crippen LogP contribution is -2.37. The van der Waals surface area contributed by atoms with Gasteiger partial charge in [0.15, 0.2) is 0 Å². The molecular weight excluding hydrogens is 330 g/mol. The molecule has 0 saturated heterocycles. The van der Waals surface area contributed by atoms with Crippen molar-refractivity contribution in [1.29, 1.82) is 0 Å². The van der Waals surface area contributed by atoms with Gasteiger partial charge in [-0.1, -0.05) is 23.7 Å². The number of esters is 1. The lowest BCUT2D eigenvalue weighted by molar-refractivity contribution is 0.0346. The Kier molecular flexibility index (Phi) is 5.54. The Hall–Kier alpha value is -2.01. The average Bonchev–Trinajstić information content (AvgIpc) is 2.52.